The lowest BCUT2D eigenvalue weighted by molar-refractivity contribution is 0.474. The molecule has 0 saturated carbocycles. The molecule has 1 heterocycles. The van der Waals surface area contributed by atoms with Crippen molar-refractivity contribution in [1.29, 1.82) is 0 Å². The molecule has 3 aromatic carbocycles. The molecule has 0 fully saturated rings. The first-order valence-electron chi connectivity index (χ1n) is 10.2. The minimum absolute atomic E-state index is 0.0291. The highest BCUT2D eigenvalue weighted by molar-refractivity contribution is 7.91. The SMILES string of the molecule is CCS(=O)(=O)c1cc(F)cc(Oc2ccc(Cl)c(-c3ccnc4c(C[SH](=O)=O)cccc34)c2)c1. The van der Waals surface area contributed by atoms with Crippen LogP contribution in [0.4, 0.5) is 4.39 Å². The van der Waals surface area contributed by atoms with Crippen LogP contribution in [0.3, 0.4) is 0 Å². The maximum Gasteiger partial charge on any atom is 0.178 e. The van der Waals surface area contributed by atoms with E-state index >= 15 is 0 Å². The number of hydrogen-bond acceptors (Lipinski definition) is 6. The minimum atomic E-state index is -3.62. The number of halogens is 2. The molecule has 0 saturated heterocycles. The molecule has 0 aliphatic carbocycles. The predicted molar refractivity (Wildman–Crippen MR) is 130 cm³/mol. The van der Waals surface area contributed by atoms with E-state index in [0.717, 1.165) is 12.1 Å². The maximum absolute atomic E-state index is 14.1. The number of rotatable bonds is 7. The number of hydrogen-bond donors (Lipinski definition) is 1. The summed E-state index contributed by atoms with van der Waals surface area (Å²) in [6.45, 7) is 1.48. The van der Waals surface area contributed by atoms with Crippen LogP contribution in [0.5, 0.6) is 11.5 Å². The van der Waals surface area contributed by atoms with Gasteiger partial charge in [0, 0.05) is 28.2 Å². The lowest BCUT2D eigenvalue weighted by atomic mass is 9.99. The Hall–Kier alpha value is -3.01. The Labute approximate surface area is 202 Å². The van der Waals surface area contributed by atoms with Crippen LogP contribution in [0.2, 0.25) is 5.02 Å². The second kappa shape index (κ2) is 9.69. The van der Waals surface area contributed by atoms with E-state index in [0.29, 0.717) is 38.4 Å². The van der Waals surface area contributed by atoms with Gasteiger partial charge in [-0.3, -0.25) is 4.98 Å². The Morgan fingerprint density at radius 3 is 2.53 bits per heavy atom. The van der Waals surface area contributed by atoms with Crippen LogP contribution in [-0.2, 0) is 26.3 Å². The Morgan fingerprint density at radius 2 is 1.79 bits per heavy atom. The first-order valence-corrected chi connectivity index (χ1v) is 13.6. The number of benzene rings is 3. The number of pyridine rings is 1. The van der Waals surface area contributed by atoms with Crippen LogP contribution >= 0.6 is 11.6 Å². The third-order valence-corrected chi connectivity index (χ3v) is 7.84. The second-order valence-corrected chi connectivity index (χ2v) is 11.1. The highest BCUT2D eigenvalue weighted by atomic mass is 35.5. The molecular formula is C24H19ClFNO5S2. The summed E-state index contributed by atoms with van der Waals surface area (Å²) in [5, 5.41) is 1.12. The van der Waals surface area contributed by atoms with Gasteiger partial charge in [-0.1, -0.05) is 36.7 Å². The van der Waals surface area contributed by atoms with Crippen molar-refractivity contribution in [2.24, 2.45) is 0 Å². The highest BCUT2D eigenvalue weighted by Crippen LogP contribution is 2.37. The van der Waals surface area contributed by atoms with Crippen molar-refractivity contribution in [1.82, 2.24) is 4.98 Å². The average Bonchev–Trinajstić information content (AvgIpc) is 2.79. The fraction of sp³-hybridized carbons (Fsp3) is 0.125. The van der Waals surface area contributed by atoms with Crippen molar-refractivity contribution in [3.8, 4) is 22.6 Å². The van der Waals surface area contributed by atoms with Crippen LogP contribution in [-0.4, -0.2) is 27.6 Å². The normalized spacial score (nSPS) is 11.8. The molecule has 0 unspecified atom stereocenters. The minimum Gasteiger partial charge on any atom is -0.457 e. The monoisotopic (exact) mass is 519 g/mol. The Bertz CT molecular complexity index is 1580. The van der Waals surface area contributed by atoms with Crippen molar-refractivity contribution < 1.29 is 26.0 Å². The molecule has 0 aliphatic heterocycles. The molecular weight excluding hydrogens is 501 g/mol. The van der Waals surface area contributed by atoms with Gasteiger partial charge >= 0.3 is 0 Å². The lowest BCUT2D eigenvalue weighted by Gasteiger charge is -2.13. The average molecular weight is 520 g/mol. The first-order chi connectivity index (χ1) is 16.2. The zero-order chi connectivity index (χ0) is 24.5. The summed E-state index contributed by atoms with van der Waals surface area (Å²) in [5.74, 6) is -0.695. The van der Waals surface area contributed by atoms with E-state index in [2.05, 4.69) is 4.98 Å². The standard InChI is InChI=1S/C24H19ClFNO5S2/c1-2-34(30,31)19-11-16(26)10-18(12-19)32-17-6-7-23(25)22(13-17)20-8-9-27-24-15(14-33(28)29)4-3-5-21(20)24/h3-13,33H,2,14H2,1H3. The second-order valence-electron chi connectivity index (χ2n) is 7.43. The lowest BCUT2D eigenvalue weighted by Crippen LogP contribution is -2.04. The molecule has 4 rings (SSSR count). The molecule has 0 amide bonds. The van der Waals surface area contributed by atoms with Gasteiger partial charge in [-0.2, -0.15) is 0 Å². The van der Waals surface area contributed by atoms with Gasteiger partial charge in [0.1, 0.15) is 28.0 Å². The smallest absolute Gasteiger partial charge is 0.178 e. The number of aromatic nitrogens is 1. The van der Waals surface area contributed by atoms with Crippen LogP contribution in [0.1, 0.15) is 12.5 Å². The van der Waals surface area contributed by atoms with Crippen LogP contribution < -0.4 is 4.74 Å². The largest absolute Gasteiger partial charge is 0.457 e. The predicted octanol–water partition coefficient (Wildman–Crippen LogP) is 5.39. The molecule has 0 N–H and O–H groups in total. The van der Waals surface area contributed by atoms with Gasteiger partial charge in [-0.25, -0.2) is 21.2 Å². The molecule has 1 aromatic heterocycles. The number of para-hydroxylation sites is 1. The van der Waals surface area contributed by atoms with E-state index in [-0.39, 0.29) is 22.2 Å². The number of fused-ring (bicyclic) bond motifs is 1. The fourth-order valence-electron chi connectivity index (χ4n) is 3.59. The zero-order valence-corrected chi connectivity index (χ0v) is 20.3. The highest BCUT2D eigenvalue weighted by Gasteiger charge is 2.16. The van der Waals surface area contributed by atoms with Gasteiger partial charge in [0.25, 0.3) is 0 Å². The summed E-state index contributed by atoms with van der Waals surface area (Å²) in [7, 11) is -6.25. The molecule has 0 aliphatic rings. The van der Waals surface area contributed by atoms with E-state index in [1.165, 1.54) is 13.0 Å². The molecule has 0 spiro atoms. The van der Waals surface area contributed by atoms with E-state index in [9.17, 15) is 21.2 Å². The Balaban J connectivity index is 1.78. The van der Waals surface area contributed by atoms with Crippen LogP contribution in [0.15, 0.2) is 71.8 Å². The summed E-state index contributed by atoms with van der Waals surface area (Å²) >= 11 is 6.48. The number of sulfone groups is 1. The van der Waals surface area contributed by atoms with Crippen LogP contribution in [0, 0.1) is 5.82 Å². The van der Waals surface area contributed by atoms with Gasteiger partial charge in [-0.05, 0) is 47.5 Å². The van der Waals surface area contributed by atoms with Gasteiger partial charge in [-0.15, -0.1) is 0 Å². The third kappa shape index (κ3) is 5.06. The summed E-state index contributed by atoms with van der Waals surface area (Å²) in [6, 6.07) is 15.2. The van der Waals surface area contributed by atoms with E-state index in [4.69, 9.17) is 16.3 Å². The van der Waals surface area contributed by atoms with E-state index < -0.39 is 26.4 Å². The summed E-state index contributed by atoms with van der Waals surface area (Å²) in [4.78, 5) is 4.19. The maximum atomic E-state index is 14.1. The molecule has 0 atom stereocenters. The third-order valence-electron chi connectivity index (χ3n) is 5.20. The van der Waals surface area contributed by atoms with Gasteiger partial charge in [0.05, 0.1) is 21.9 Å². The fourth-order valence-corrected chi connectivity index (χ4v) is 5.27. The molecule has 4 aromatic rings. The topological polar surface area (TPSA) is 90.4 Å². The number of ether oxygens (including phenoxy) is 1. The van der Waals surface area contributed by atoms with Gasteiger partial charge in [0.15, 0.2) is 9.84 Å². The Morgan fingerprint density at radius 1 is 1.00 bits per heavy atom. The van der Waals surface area contributed by atoms with Crippen molar-refractivity contribution in [3.63, 3.8) is 0 Å². The molecule has 176 valence electrons. The van der Waals surface area contributed by atoms with Crippen molar-refractivity contribution in [2.75, 3.05) is 5.75 Å². The number of thiol groups is 1. The molecule has 10 heteroatoms. The quantitative estimate of drug-likeness (QED) is 0.329. The zero-order valence-electron chi connectivity index (χ0n) is 17.9. The first kappa shape index (κ1) is 24.1. The van der Waals surface area contributed by atoms with Gasteiger partial charge < -0.3 is 4.74 Å². The van der Waals surface area contributed by atoms with Crippen molar-refractivity contribution in [3.05, 3.63) is 83.3 Å². The molecule has 6 nitrogen and oxygen atoms in total. The number of nitrogens with zero attached hydrogens (tertiary/aromatic N) is 1. The van der Waals surface area contributed by atoms with E-state index in [1.807, 2.05) is 6.07 Å². The molecule has 0 radical (unpaired) electrons. The molecule has 0 bridgehead atoms. The summed E-state index contributed by atoms with van der Waals surface area (Å²) in [6.07, 6.45) is 1.57. The van der Waals surface area contributed by atoms with Crippen molar-refractivity contribution in [2.45, 2.75) is 17.6 Å². The summed E-state index contributed by atoms with van der Waals surface area (Å²) in [5.41, 5.74) is 2.41. The van der Waals surface area contributed by atoms with E-state index in [1.54, 1.807) is 42.6 Å². The Kier molecular flexibility index (Phi) is 6.88. The summed E-state index contributed by atoms with van der Waals surface area (Å²) < 4.78 is 66.8. The van der Waals surface area contributed by atoms with Crippen molar-refractivity contribution >= 4 is 43.0 Å². The van der Waals surface area contributed by atoms with Gasteiger partial charge in [0.2, 0.25) is 0 Å². The van der Waals surface area contributed by atoms with Crippen LogP contribution in [0.25, 0.3) is 22.0 Å². The molecule has 34 heavy (non-hydrogen) atoms.